The molecule has 0 aromatic heterocycles. The molecule has 1 aromatic carbocycles. The largest absolute Gasteiger partial charge is 0.373 e. The predicted octanol–water partition coefficient (Wildman–Crippen LogP) is 2.97. The smallest absolute Gasteiger partial charge is 0.0738 e. The SMILES string of the molecule is Clc1ccc2c(c1Cl)COC1CCNCC21. The molecule has 2 atom stereocenters. The van der Waals surface area contributed by atoms with Crippen LogP contribution in [-0.4, -0.2) is 19.2 Å². The monoisotopic (exact) mass is 257 g/mol. The van der Waals surface area contributed by atoms with Crippen molar-refractivity contribution in [1.29, 1.82) is 0 Å². The fraction of sp³-hybridized carbons (Fsp3) is 0.500. The molecule has 2 aliphatic rings. The fourth-order valence-electron chi connectivity index (χ4n) is 2.64. The maximum absolute atomic E-state index is 6.21. The average Bonchev–Trinajstić information content (AvgIpc) is 2.33. The van der Waals surface area contributed by atoms with E-state index < -0.39 is 0 Å². The van der Waals surface area contributed by atoms with Crippen molar-refractivity contribution in [2.75, 3.05) is 13.1 Å². The van der Waals surface area contributed by atoms with Crippen LogP contribution in [0, 0.1) is 0 Å². The lowest BCUT2D eigenvalue weighted by Gasteiger charge is -2.37. The summed E-state index contributed by atoms with van der Waals surface area (Å²) < 4.78 is 5.86. The summed E-state index contributed by atoms with van der Waals surface area (Å²) in [5.74, 6) is 0.423. The minimum absolute atomic E-state index is 0.339. The fourth-order valence-corrected chi connectivity index (χ4v) is 3.04. The third kappa shape index (κ3) is 1.65. The molecule has 0 saturated carbocycles. The Bertz CT molecular complexity index is 422. The summed E-state index contributed by atoms with van der Waals surface area (Å²) in [5, 5.41) is 4.68. The maximum atomic E-state index is 6.21. The van der Waals surface area contributed by atoms with Crippen molar-refractivity contribution in [1.82, 2.24) is 5.32 Å². The Morgan fingerprint density at radius 2 is 2.19 bits per heavy atom. The Labute approximate surface area is 105 Å². The Kier molecular flexibility index (Phi) is 2.84. The Morgan fingerprint density at radius 1 is 1.31 bits per heavy atom. The van der Waals surface area contributed by atoms with E-state index >= 15 is 0 Å². The molecule has 3 rings (SSSR count). The Morgan fingerprint density at radius 3 is 3.06 bits per heavy atom. The van der Waals surface area contributed by atoms with Gasteiger partial charge in [-0.05, 0) is 24.6 Å². The van der Waals surface area contributed by atoms with Crippen molar-refractivity contribution in [3.8, 4) is 0 Å². The summed E-state index contributed by atoms with van der Waals surface area (Å²) in [6.07, 6.45) is 1.41. The molecule has 0 aliphatic carbocycles. The molecule has 0 spiro atoms. The van der Waals surface area contributed by atoms with Crippen LogP contribution in [0.1, 0.15) is 23.5 Å². The number of halogens is 2. The molecule has 2 unspecified atom stereocenters. The van der Waals surface area contributed by atoms with Crippen LogP contribution in [0.4, 0.5) is 0 Å². The first-order chi connectivity index (χ1) is 7.77. The van der Waals surface area contributed by atoms with Gasteiger partial charge in [-0.3, -0.25) is 0 Å². The topological polar surface area (TPSA) is 21.3 Å². The molecule has 2 aliphatic heterocycles. The first-order valence-corrected chi connectivity index (χ1v) is 6.32. The maximum Gasteiger partial charge on any atom is 0.0738 e. The zero-order valence-corrected chi connectivity index (χ0v) is 10.3. The van der Waals surface area contributed by atoms with E-state index in [1.165, 1.54) is 5.56 Å². The van der Waals surface area contributed by atoms with Crippen LogP contribution >= 0.6 is 23.2 Å². The van der Waals surface area contributed by atoms with Gasteiger partial charge in [-0.15, -0.1) is 0 Å². The van der Waals surface area contributed by atoms with Crippen molar-refractivity contribution in [3.63, 3.8) is 0 Å². The van der Waals surface area contributed by atoms with Crippen molar-refractivity contribution in [2.24, 2.45) is 0 Å². The van der Waals surface area contributed by atoms with Gasteiger partial charge in [-0.1, -0.05) is 29.3 Å². The van der Waals surface area contributed by atoms with Gasteiger partial charge in [0.15, 0.2) is 0 Å². The number of piperidine rings is 1. The number of fused-ring (bicyclic) bond motifs is 3. The molecular weight excluding hydrogens is 245 g/mol. The number of rotatable bonds is 0. The van der Waals surface area contributed by atoms with Crippen LogP contribution < -0.4 is 5.32 Å². The molecule has 0 radical (unpaired) electrons. The van der Waals surface area contributed by atoms with Crippen molar-refractivity contribution in [2.45, 2.75) is 25.0 Å². The van der Waals surface area contributed by atoms with Gasteiger partial charge in [-0.25, -0.2) is 0 Å². The first-order valence-electron chi connectivity index (χ1n) is 5.56. The molecule has 1 fully saturated rings. The molecule has 2 nitrogen and oxygen atoms in total. The third-order valence-electron chi connectivity index (χ3n) is 3.49. The van der Waals surface area contributed by atoms with Gasteiger partial charge in [0.05, 0.1) is 22.8 Å². The van der Waals surface area contributed by atoms with E-state index in [9.17, 15) is 0 Å². The van der Waals surface area contributed by atoms with E-state index in [1.807, 2.05) is 6.07 Å². The molecule has 1 saturated heterocycles. The summed E-state index contributed by atoms with van der Waals surface area (Å²) in [7, 11) is 0. The molecule has 1 N–H and O–H groups in total. The number of hydrogen-bond donors (Lipinski definition) is 1. The highest BCUT2D eigenvalue weighted by atomic mass is 35.5. The van der Waals surface area contributed by atoms with Crippen LogP contribution in [0.2, 0.25) is 10.0 Å². The molecule has 1 aromatic rings. The van der Waals surface area contributed by atoms with E-state index in [0.29, 0.717) is 28.7 Å². The van der Waals surface area contributed by atoms with E-state index in [4.69, 9.17) is 27.9 Å². The minimum Gasteiger partial charge on any atom is -0.373 e. The normalized spacial score (nSPS) is 28.4. The molecule has 16 heavy (non-hydrogen) atoms. The lowest BCUT2D eigenvalue weighted by atomic mass is 9.84. The van der Waals surface area contributed by atoms with E-state index in [2.05, 4.69) is 11.4 Å². The van der Waals surface area contributed by atoms with E-state index in [-0.39, 0.29) is 0 Å². The molecule has 2 heterocycles. The van der Waals surface area contributed by atoms with Crippen molar-refractivity contribution >= 4 is 23.2 Å². The summed E-state index contributed by atoms with van der Waals surface area (Å²) in [6.45, 7) is 2.60. The lowest BCUT2D eigenvalue weighted by molar-refractivity contribution is -0.00674. The molecule has 0 bridgehead atoms. The van der Waals surface area contributed by atoms with Crippen molar-refractivity contribution in [3.05, 3.63) is 33.3 Å². The Hall–Kier alpha value is -0.280. The highest BCUT2D eigenvalue weighted by Crippen LogP contribution is 2.39. The quantitative estimate of drug-likeness (QED) is 0.772. The number of benzene rings is 1. The molecule has 86 valence electrons. The number of nitrogens with one attached hydrogen (secondary N) is 1. The Balaban J connectivity index is 2.05. The zero-order valence-electron chi connectivity index (χ0n) is 8.80. The van der Waals surface area contributed by atoms with Gasteiger partial charge in [0.2, 0.25) is 0 Å². The van der Waals surface area contributed by atoms with Gasteiger partial charge in [0, 0.05) is 18.0 Å². The van der Waals surface area contributed by atoms with Gasteiger partial charge in [-0.2, -0.15) is 0 Å². The predicted molar refractivity (Wildman–Crippen MR) is 65.3 cm³/mol. The number of ether oxygens (including phenoxy) is 1. The number of hydrogen-bond acceptors (Lipinski definition) is 2. The van der Waals surface area contributed by atoms with Crippen LogP contribution in [0.25, 0.3) is 0 Å². The highest BCUT2D eigenvalue weighted by Gasteiger charge is 2.33. The molecular formula is C12H13Cl2NO. The van der Waals surface area contributed by atoms with Gasteiger partial charge >= 0.3 is 0 Å². The first kappa shape index (κ1) is 10.8. The van der Waals surface area contributed by atoms with E-state index in [0.717, 1.165) is 25.1 Å². The summed E-state index contributed by atoms with van der Waals surface area (Å²) in [4.78, 5) is 0. The second-order valence-corrected chi connectivity index (χ2v) is 5.16. The molecule has 0 amide bonds. The van der Waals surface area contributed by atoms with Crippen LogP contribution in [0.5, 0.6) is 0 Å². The summed E-state index contributed by atoms with van der Waals surface area (Å²) >= 11 is 12.2. The van der Waals surface area contributed by atoms with Gasteiger partial charge in [0.1, 0.15) is 0 Å². The second-order valence-electron chi connectivity index (χ2n) is 4.38. The third-order valence-corrected chi connectivity index (χ3v) is 4.34. The van der Waals surface area contributed by atoms with Gasteiger partial charge < -0.3 is 10.1 Å². The zero-order chi connectivity index (χ0) is 11.1. The van der Waals surface area contributed by atoms with Crippen molar-refractivity contribution < 1.29 is 4.74 Å². The average molecular weight is 258 g/mol. The second kappa shape index (κ2) is 4.19. The highest BCUT2D eigenvalue weighted by molar-refractivity contribution is 6.42. The van der Waals surface area contributed by atoms with Crippen LogP contribution in [0.15, 0.2) is 12.1 Å². The summed E-state index contributed by atoms with van der Waals surface area (Å²) in [5.41, 5.74) is 2.37. The van der Waals surface area contributed by atoms with Gasteiger partial charge in [0.25, 0.3) is 0 Å². The summed E-state index contributed by atoms with van der Waals surface area (Å²) in [6, 6.07) is 3.98. The van der Waals surface area contributed by atoms with Crippen LogP contribution in [0.3, 0.4) is 0 Å². The van der Waals surface area contributed by atoms with Crippen LogP contribution in [-0.2, 0) is 11.3 Å². The minimum atomic E-state index is 0.339. The lowest BCUT2D eigenvalue weighted by Crippen LogP contribution is -2.42. The van der Waals surface area contributed by atoms with E-state index in [1.54, 1.807) is 0 Å². The standard InChI is InChI=1S/C12H13Cl2NO/c13-10-2-1-7-8-5-15-4-3-11(8)16-6-9(7)12(10)14/h1-2,8,11,15H,3-6H2. The molecule has 4 heteroatoms.